The molecule has 3 aromatic rings. The second-order valence-corrected chi connectivity index (χ2v) is 9.46. The molecule has 1 aromatic carbocycles. The molecule has 0 aliphatic heterocycles. The zero-order valence-corrected chi connectivity index (χ0v) is 21.3. The van der Waals surface area contributed by atoms with E-state index in [1.165, 1.54) is 11.3 Å². The first-order valence-electron chi connectivity index (χ1n) is 11.7. The van der Waals surface area contributed by atoms with E-state index in [-0.39, 0.29) is 12.2 Å². The average Bonchev–Trinajstić information content (AvgIpc) is 3.45. The van der Waals surface area contributed by atoms with E-state index in [9.17, 15) is 18.7 Å². The maximum atomic E-state index is 14.1. The number of nitrogens with zero attached hydrogens (tertiary/aromatic N) is 3. The summed E-state index contributed by atoms with van der Waals surface area (Å²) >= 11 is 1.53. The number of fused-ring (bicyclic) bond motifs is 1. The van der Waals surface area contributed by atoms with E-state index in [1.54, 1.807) is 25.4 Å². The number of aliphatic hydroxyl groups is 1. The fourth-order valence-corrected chi connectivity index (χ4v) is 5.10. The Balaban J connectivity index is 0.000000399. The number of aldehydes is 1. The fourth-order valence-electron chi connectivity index (χ4n) is 4.48. The summed E-state index contributed by atoms with van der Waals surface area (Å²) in [6.45, 7) is 3.15. The highest BCUT2D eigenvalue weighted by molar-refractivity contribution is 7.12. The number of alkyl halides is 2. The van der Waals surface area contributed by atoms with Crippen molar-refractivity contribution in [3.8, 4) is 5.13 Å². The molecule has 2 aromatic heterocycles. The topological polar surface area (TPSA) is 80.0 Å². The highest BCUT2D eigenvalue weighted by Gasteiger charge is 2.81. The second kappa shape index (κ2) is 11.0. The van der Waals surface area contributed by atoms with Crippen LogP contribution in [0.5, 0.6) is 0 Å². The molecule has 12 heteroatoms. The molecule has 184 valence electrons. The van der Waals surface area contributed by atoms with Crippen LogP contribution in [0, 0.1) is 5.41 Å². The van der Waals surface area contributed by atoms with Crippen molar-refractivity contribution in [2.75, 3.05) is 13.7 Å². The number of carbonyl (C=O) groups is 1. The first-order chi connectivity index (χ1) is 17.1. The third-order valence-electron chi connectivity index (χ3n) is 6.54. The molecular weight excluding hydrogens is 479 g/mol. The van der Waals surface area contributed by atoms with Crippen molar-refractivity contribution in [2.24, 2.45) is 5.41 Å². The Kier molecular flexibility index (Phi) is 8.63. The van der Waals surface area contributed by atoms with Gasteiger partial charge in [-0.1, -0.05) is 43.3 Å². The number of hydrogen-bond donors (Lipinski definition) is 2. The lowest BCUT2D eigenvalue weighted by Crippen LogP contribution is -2.44. The number of nitrogens with one attached hydrogen (secondary N) is 1. The Labute approximate surface area is 218 Å². The van der Waals surface area contributed by atoms with Gasteiger partial charge in [-0.2, -0.15) is 5.10 Å². The summed E-state index contributed by atoms with van der Waals surface area (Å²) in [6, 6.07) is 6.99. The van der Waals surface area contributed by atoms with Crippen LogP contribution in [0.25, 0.3) is 5.13 Å². The van der Waals surface area contributed by atoms with Crippen LogP contribution in [0.4, 0.5) is 8.78 Å². The standard InChI is InChI=1S/C20H17F2N3O2S.C2H4B3N.C2H6/c21-20(22)17(19(20,10-26)11-27)13-3-1-12(2-4-13)14-5-6-16-15(14)9-24-25(16)18-23-7-8-28-18;1-6-2(3,4)5;1-2/h1-4,7-10,14,17,27H,5-6,11H2;6H,1H3;1-2H3. The predicted molar refractivity (Wildman–Crippen MR) is 140 cm³/mol. The van der Waals surface area contributed by atoms with E-state index in [4.69, 9.17) is 23.5 Å². The first kappa shape index (κ1) is 28.3. The summed E-state index contributed by atoms with van der Waals surface area (Å²) < 4.78 is 30.1. The summed E-state index contributed by atoms with van der Waals surface area (Å²) in [6.07, 6.45) is 5.61. The van der Waals surface area contributed by atoms with E-state index >= 15 is 0 Å². The molecule has 1 saturated carbocycles. The molecule has 2 aliphatic carbocycles. The molecule has 5 rings (SSSR count). The van der Waals surface area contributed by atoms with Crippen molar-refractivity contribution < 1.29 is 18.7 Å². The largest absolute Gasteiger partial charge is 0.395 e. The molecule has 0 bridgehead atoms. The van der Waals surface area contributed by atoms with Gasteiger partial charge >= 0.3 is 0 Å². The number of aromatic nitrogens is 3. The van der Waals surface area contributed by atoms with E-state index in [1.807, 2.05) is 42.2 Å². The monoisotopic (exact) mass is 506 g/mol. The smallest absolute Gasteiger partial charge is 0.271 e. The minimum atomic E-state index is -3.21. The van der Waals surface area contributed by atoms with Crippen molar-refractivity contribution in [3.63, 3.8) is 0 Å². The van der Waals surface area contributed by atoms with Gasteiger partial charge in [0.25, 0.3) is 5.92 Å². The van der Waals surface area contributed by atoms with Crippen LogP contribution < -0.4 is 5.32 Å². The summed E-state index contributed by atoms with van der Waals surface area (Å²) in [4.78, 5) is 15.5. The number of rotatable bonds is 6. The summed E-state index contributed by atoms with van der Waals surface area (Å²) in [5.74, 6) is -4.31. The fraction of sp³-hybridized carbons (Fsp3) is 0.458. The van der Waals surface area contributed by atoms with Crippen LogP contribution in [0.15, 0.2) is 42.0 Å². The average molecular weight is 506 g/mol. The summed E-state index contributed by atoms with van der Waals surface area (Å²) in [5.41, 5.74) is 1.71. The maximum Gasteiger partial charge on any atom is 0.271 e. The Bertz CT molecular complexity index is 1150. The maximum absolute atomic E-state index is 14.1. The molecule has 0 amide bonds. The molecule has 1 fully saturated rings. The minimum absolute atomic E-state index is 0.158. The normalized spacial score (nSPS) is 23.5. The molecule has 0 spiro atoms. The molecule has 2 N–H and O–H groups in total. The Morgan fingerprint density at radius 2 is 1.86 bits per heavy atom. The third kappa shape index (κ3) is 5.08. The predicted octanol–water partition coefficient (Wildman–Crippen LogP) is 2.67. The third-order valence-corrected chi connectivity index (χ3v) is 7.29. The van der Waals surface area contributed by atoms with Crippen LogP contribution in [0.2, 0.25) is 0 Å². The van der Waals surface area contributed by atoms with E-state index in [2.05, 4.69) is 15.4 Å². The van der Waals surface area contributed by atoms with Crippen molar-refractivity contribution in [1.82, 2.24) is 20.1 Å². The van der Waals surface area contributed by atoms with Crippen molar-refractivity contribution in [2.45, 2.75) is 49.7 Å². The van der Waals surface area contributed by atoms with Gasteiger partial charge in [0, 0.05) is 23.1 Å². The zero-order valence-electron chi connectivity index (χ0n) is 20.5. The first-order valence-corrected chi connectivity index (χ1v) is 12.5. The van der Waals surface area contributed by atoms with Crippen LogP contribution in [-0.4, -0.2) is 74.5 Å². The van der Waals surface area contributed by atoms with Gasteiger partial charge < -0.3 is 15.2 Å². The van der Waals surface area contributed by atoms with Crippen LogP contribution in [0.1, 0.15) is 54.5 Å². The molecule has 0 saturated heterocycles. The Morgan fingerprint density at radius 1 is 1.25 bits per heavy atom. The number of aliphatic hydroxyl groups excluding tert-OH is 1. The van der Waals surface area contributed by atoms with Gasteiger partial charge in [-0.15, -0.1) is 11.3 Å². The van der Waals surface area contributed by atoms with E-state index in [0.717, 1.165) is 34.8 Å². The molecule has 3 atom stereocenters. The van der Waals surface area contributed by atoms with Gasteiger partial charge in [0.1, 0.15) is 11.7 Å². The number of thiazole rings is 1. The van der Waals surface area contributed by atoms with Gasteiger partial charge in [0.05, 0.1) is 48.0 Å². The molecule has 2 aliphatic rings. The van der Waals surface area contributed by atoms with Crippen LogP contribution in [0.3, 0.4) is 0 Å². The Morgan fingerprint density at radius 3 is 2.33 bits per heavy atom. The number of carbonyl (C=O) groups excluding carboxylic acids is 1. The van der Waals surface area contributed by atoms with Crippen molar-refractivity contribution >= 4 is 41.2 Å². The molecular formula is C24H27B3F2N4O2S. The van der Waals surface area contributed by atoms with Gasteiger partial charge in [0.15, 0.2) is 0 Å². The van der Waals surface area contributed by atoms with Gasteiger partial charge in [0.2, 0.25) is 5.13 Å². The Hall–Kier alpha value is -2.30. The lowest BCUT2D eigenvalue weighted by Gasteiger charge is -2.16. The number of benzene rings is 1. The summed E-state index contributed by atoms with van der Waals surface area (Å²) in [5, 5.41) is 17.8. The minimum Gasteiger partial charge on any atom is -0.395 e. The number of hydrogen-bond acceptors (Lipinski definition) is 6. The lowest BCUT2D eigenvalue weighted by atomic mass is 9.49. The van der Waals surface area contributed by atoms with Gasteiger partial charge in [-0.3, -0.25) is 0 Å². The molecule has 36 heavy (non-hydrogen) atoms. The quantitative estimate of drug-likeness (QED) is 0.398. The van der Waals surface area contributed by atoms with E-state index < -0.39 is 29.1 Å². The SMILES string of the molecule is CC.O=CC1(CO)C(c2ccc(C3CCc4c3cnn4-c3nccs3)cc2)C1(F)F.[B]C([B])([B])NC. The molecule has 3 unspecified atom stereocenters. The lowest BCUT2D eigenvalue weighted by molar-refractivity contribution is -0.117. The molecule has 6 radical (unpaired) electrons. The van der Waals surface area contributed by atoms with E-state index in [0.29, 0.717) is 5.56 Å². The zero-order chi connectivity index (χ0) is 26.7. The van der Waals surface area contributed by atoms with Gasteiger partial charge in [-0.25, -0.2) is 18.4 Å². The van der Waals surface area contributed by atoms with Crippen LogP contribution in [-0.2, 0) is 11.2 Å². The number of halogens is 2. The second-order valence-electron chi connectivity index (χ2n) is 8.59. The highest BCUT2D eigenvalue weighted by Crippen LogP contribution is 2.69. The van der Waals surface area contributed by atoms with Crippen molar-refractivity contribution in [1.29, 1.82) is 0 Å². The summed E-state index contributed by atoms with van der Waals surface area (Å²) in [7, 11) is 16.5. The molecule has 2 heterocycles. The van der Waals surface area contributed by atoms with Crippen molar-refractivity contribution in [3.05, 3.63) is 64.4 Å². The molecule has 6 nitrogen and oxygen atoms in total. The highest BCUT2D eigenvalue weighted by atomic mass is 32.1. The van der Waals surface area contributed by atoms with Gasteiger partial charge in [-0.05, 0) is 31.0 Å². The van der Waals surface area contributed by atoms with Crippen LogP contribution >= 0.6 is 11.3 Å².